The predicted octanol–water partition coefficient (Wildman–Crippen LogP) is 4.86. The zero-order valence-electron chi connectivity index (χ0n) is 20.6. The molecule has 5 rings (SSSR count). The van der Waals surface area contributed by atoms with Gasteiger partial charge in [0.2, 0.25) is 0 Å². The van der Waals surface area contributed by atoms with E-state index in [1.54, 1.807) is 19.2 Å². The number of nitrogens with one attached hydrogen (secondary N) is 1. The molecule has 0 unspecified atom stereocenters. The summed E-state index contributed by atoms with van der Waals surface area (Å²) in [7, 11) is 1.58. The molecule has 2 saturated heterocycles. The number of aromatic nitrogens is 2. The fourth-order valence-corrected chi connectivity index (χ4v) is 4.79. The summed E-state index contributed by atoms with van der Waals surface area (Å²) in [6, 6.07) is 8.10. The van der Waals surface area contributed by atoms with Crippen molar-refractivity contribution in [3.05, 3.63) is 47.5 Å². The number of halogens is 2. The molecular formula is C26H29ClFN5O4. The average molecular weight is 530 g/mol. The second-order valence-electron chi connectivity index (χ2n) is 9.04. The van der Waals surface area contributed by atoms with Crippen LogP contribution >= 0.6 is 11.6 Å². The molecule has 1 N–H and O–H groups in total. The van der Waals surface area contributed by atoms with Gasteiger partial charge in [-0.05, 0) is 30.7 Å². The number of fused-ring (bicyclic) bond motifs is 1. The molecule has 3 heterocycles. The molecule has 2 amide bonds. The van der Waals surface area contributed by atoms with Gasteiger partial charge in [0.15, 0.2) is 11.5 Å². The van der Waals surface area contributed by atoms with Gasteiger partial charge in [0, 0.05) is 62.8 Å². The molecule has 11 heteroatoms. The van der Waals surface area contributed by atoms with Crippen molar-refractivity contribution in [2.75, 3.05) is 51.8 Å². The lowest BCUT2D eigenvalue weighted by molar-refractivity contribution is 0.0909. The van der Waals surface area contributed by atoms with Crippen LogP contribution in [0.15, 0.2) is 36.7 Å². The topological polar surface area (TPSA) is 89.1 Å². The summed E-state index contributed by atoms with van der Waals surface area (Å²) in [5.41, 5.74) is 1.26. The van der Waals surface area contributed by atoms with Crippen LogP contribution < -0.4 is 14.8 Å². The molecule has 0 radical (unpaired) electrons. The first-order valence-electron chi connectivity index (χ1n) is 12.3. The van der Waals surface area contributed by atoms with Crippen LogP contribution in [-0.2, 0) is 4.74 Å². The Morgan fingerprint density at radius 3 is 2.68 bits per heavy atom. The molecule has 9 nitrogen and oxygen atoms in total. The number of hydrogen-bond donors (Lipinski definition) is 1. The molecular weight excluding hydrogens is 501 g/mol. The minimum Gasteiger partial charge on any atom is -0.493 e. The summed E-state index contributed by atoms with van der Waals surface area (Å²) in [6.45, 7) is 3.89. The molecule has 2 aliphatic heterocycles. The number of methoxy groups -OCH3 is 1. The predicted molar refractivity (Wildman–Crippen MR) is 138 cm³/mol. The van der Waals surface area contributed by atoms with Gasteiger partial charge < -0.3 is 29.3 Å². The van der Waals surface area contributed by atoms with Gasteiger partial charge in [-0.15, -0.1) is 0 Å². The number of ether oxygens (including phenoxy) is 3. The van der Waals surface area contributed by atoms with E-state index in [1.165, 1.54) is 18.5 Å². The highest BCUT2D eigenvalue weighted by Crippen LogP contribution is 2.36. The van der Waals surface area contributed by atoms with E-state index in [1.807, 2.05) is 15.9 Å². The molecule has 2 fully saturated rings. The fourth-order valence-electron chi connectivity index (χ4n) is 4.61. The van der Waals surface area contributed by atoms with Crippen LogP contribution in [0, 0.1) is 5.82 Å². The zero-order chi connectivity index (χ0) is 25.8. The zero-order valence-corrected chi connectivity index (χ0v) is 21.3. The van der Waals surface area contributed by atoms with Crippen molar-refractivity contribution in [1.29, 1.82) is 0 Å². The van der Waals surface area contributed by atoms with E-state index in [9.17, 15) is 9.18 Å². The molecule has 3 aromatic rings. The van der Waals surface area contributed by atoms with Crippen LogP contribution in [0.1, 0.15) is 19.3 Å². The Morgan fingerprint density at radius 2 is 1.89 bits per heavy atom. The maximum Gasteiger partial charge on any atom is 0.320 e. The van der Waals surface area contributed by atoms with Gasteiger partial charge in [-0.2, -0.15) is 0 Å². The largest absolute Gasteiger partial charge is 0.493 e. The summed E-state index contributed by atoms with van der Waals surface area (Å²) >= 11 is 5.94. The molecule has 1 aromatic heterocycles. The number of carbonyl (C=O) groups excluding carboxylic acids is 1. The van der Waals surface area contributed by atoms with Crippen molar-refractivity contribution >= 4 is 40.0 Å². The molecule has 37 heavy (non-hydrogen) atoms. The highest BCUT2D eigenvalue weighted by molar-refractivity contribution is 6.31. The fraction of sp³-hybridized carbons (Fsp3) is 0.423. The first-order valence-corrected chi connectivity index (χ1v) is 12.7. The van der Waals surface area contributed by atoms with Crippen molar-refractivity contribution < 1.29 is 23.4 Å². The Balaban J connectivity index is 1.30. The Hall–Kier alpha value is -3.37. The SMILES string of the molecule is COc1cc2ncnc(Nc3ccc(F)c(Cl)c3)c2cc1OC1CCN(C(=O)N2CCCOCC2)CC1. The number of benzene rings is 2. The molecule has 2 aromatic carbocycles. The second kappa shape index (κ2) is 11.4. The van der Waals surface area contributed by atoms with Crippen LogP contribution in [0.3, 0.4) is 0 Å². The lowest BCUT2D eigenvalue weighted by atomic mass is 10.1. The molecule has 2 aliphatic rings. The number of hydrogen-bond acceptors (Lipinski definition) is 7. The normalized spacial score (nSPS) is 16.9. The molecule has 0 spiro atoms. The van der Waals surface area contributed by atoms with E-state index >= 15 is 0 Å². The molecule has 0 saturated carbocycles. The number of nitrogens with zero attached hydrogens (tertiary/aromatic N) is 4. The molecule has 0 bridgehead atoms. The smallest absolute Gasteiger partial charge is 0.320 e. The van der Waals surface area contributed by atoms with E-state index in [0.717, 1.165) is 18.4 Å². The highest BCUT2D eigenvalue weighted by atomic mass is 35.5. The number of urea groups is 1. The van der Waals surface area contributed by atoms with Crippen LogP contribution in [0.25, 0.3) is 10.9 Å². The van der Waals surface area contributed by atoms with E-state index < -0.39 is 5.82 Å². The van der Waals surface area contributed by atoms with E-state index in [0.29, 0.717) is 74.2 Å². The van der Waals surface area contributed by atoms with Crippen molar-refractivity contribution in [2.24, 2.45) is 0 Å². The number of likely N-dealkylation sites (tertiary alicyclic amines) is 1. The van der Waals surface area contributed by atoms with Crippen LogP contribution in [0.5, 0.6) is 11.5 Å². The quantitative estimate of drug-likeness (QED) is 0.505. The van der Waals surface area contributed by atoms with Crippen LogP contribution in [0.4, 0.5) is 20.7 Å². The van der Waals surface area contributed by atoms with Crippen LogP contribution in [-0.4, -0.2) is 78.4 Å². The molecule has 0 atom stereocenters. The van der Waals surface area contributed by atoms with E-state index in [-0.39, 0.29) is 17.2 Å². The van der Waals surface area contributed by atoms with Gasteiger partial charge in [-0.1, -0.05) is 11.6 Å². The summed E-state index contributed by atoms with van der Waals surface area (Å²) in [5, 5.41) is 3.91. The Bertz CT molecular complexity index is 1260. The third-order valence-corrected chi connectivity index (χ3v) is 6.89. The number of rotatable bonds is 5. The lowest BCUT2D eigenvalue weighted by Crippen LogP contribution is -2.49. The third-order valence-electron chi connectivity index (χ3n) is 6.60. The number of anilines is 2. The monoisotopic (exact) mass is 529 g/mol. The summed E-state index contributed by atoms with van der Waals surface area (Å²) in [5.74, 6) is 1.17. The summed E-state index contributed by atoms with van der Waals surface area (Å²) < 4.78 is 31.0. The van der Waals surface area contributed by atoms with E-state index in [2.05, 4.69) is 15.3 Å². The standard InChI is InChI=1S/C26H29ClFN5O4/c1-35-23-15-22-19(25(30-16-29-22)31-17-3-4-21(28)20(27)13-17)14-24(23)37-18-5-8-33(9-6-18)26(34)32-7-2-11-36-12-10-32/h3-4,13-16,18H,2,5-12H2,1H3,(H,29,30,31). The van der Waals surface area contributed by atoms with Crippen molar-refractivity contribution in [2.45, 2.75) is 25.4 Å². The third kappa shape index (κ3) is 5.80. The first-order chi connectivity index (χ1) is 18.0. The van der Waals surface area contributed by atoms with Gasteiger partial charge >= 0.3 is 6.03 Å². The van der Waals surface area contributed by atoms with Crippen molar-refractivity contribution in [3.63, 3.8) is 0 Å². The van der Waals surface area contributed by atoms with Crippen molar-refractivity contribution in [1.82, 2.24) is 19.8 Å². The maximum atomic E-state index is 13.6. The van der Waals surface area contributed by atoms with Gasteiger partial charge in [0.05, 0.1) is 24.3 Å². The van der Waals surface area contributed by atoms with Crippen molar-refractivity contribution in [3.8, 4) is 11.5 Å². The van der Waals surface area contributed by atoms with Gasteiger partial charge in [0.25, 0.3) is 0 Å². The summed E-state index contributed by atoms with van der Waals surface area (Å²) in [4.78, 5) is 25.4. The first kappa shape index (κ1) is 25.3. The highest BCUT2D eigenvalue weighted by Gasteiger charge is 2.28. The Labute approximate surface area is 219 Å². The lowest BCUT2D eigenvalue weighted by Gasteiger charge is -2.35. The number of piperidine rings is 1. The Kier molecular flexibility index (Phi) is 7.76. The summed E-state index contributed by atoms with van der Waals surface area (Å²) in [6.07, 6.45) is 3.66. The number of carbonyl (C=O) groups is 1. The van der Waals surface area contributed by atoms with Gasteiger partial charge in [-0.3, -0.25) is 0 Å². The minimum atomic E-state index is -0.492. The second-order valence-corrected chi connectivity index (χ2v) is 9.44. The van der Waals surface area contributed by atoms with Gasteiger partial charge in [0.1, 0.15) is 24.1 Å². The Morgan fingerprint density at radius 1 is 1.08 bits per heavy atom. The maximum absolute atomic E-state index is 13.6. The molecule has 196 valence electrons. The van der Waals surface area contributed by atoms with Gasteiger partial charge in [-0.25, -0.2) is 19.2 Å². The minimum absolute atomic E-state index is 0.0167. The number of amides is 2. The van der Waals surface area contributed by atoms with E-state index in [4.69, 9.17) is 25.8 Å². The van der Waals surface area contributed by atoms with Crippen LogP contribution in [0.2, 0.25) is 5.02 Å². The molecule has 0 aliphatic carbocycles. The average Bonchev–Trinajstić information content (AvgIpc) is 3.20.